The minimum absolute atomic E-state index is 0.0202. The van der Waals surface area contributed by atoms with E-state index in [1.54, 1.807) is 5.57 Å². The summed E-state index contributed by atoms with van der Waals surface area (Å²) in [6, 6.07) is 15.6. The number of phenols is 1. The van der Waals surface area contributed by atoms with Gasteiger partial charge >= 0.3 is 0 Å². The standard InChI is InChI=1S/C34H45NO2/c1-23(10-8-9-20-33(2,3)35-32(37)24-11-6-5-7-12-24)30-17-18-31-29-15-13-25-22-26(36)14-16-27(25)28(29)19-21-34(30,31)4/h5-7,11-12,14,16-17,22-23,28-29,31,36H,8-10,13,15,18-21H2,1-4H3,(H,35,37)/t23-,28-,29-,31+,34-/m1/s1. The first-order chi connectivity index (χ1) is 17.7. The number of phenolic OH excluding ortho intramolecular Hbond substituents is 1. The Morgan fingerprint density at radius 3 is 2.70 bits per heavy atom. The molecule has 3 heteroatoms. The molecule has 1 amide bonds. The normalized spacial score (nSPS) is 27.5. The van der Waals surface area contributed by atoms with Crippen LogP contribution in [-0.2, 0) is 6.42 Å². The van der Waals surface area contributed by atoms with Crippen molar-refractivity contribution in [2.75, 3.05) is 0 Å². The number of hydrogen-bond acceptors (Lipinski definition) is 2. The third-order valence-electron chi connectivity index (χ3n) is 10.1. The van der Waals surface area contributed by atoms with Gasteiger partial charge in [-0.15, -0.1) is 0 Å². The van der Waals surface area contributed by atoms with Crippen molar-refractivity contribution in [1.29, 1.82) is 0 Å². The van der Waals surface area contributed by atoms with E-state index in [0.29, 0.717) is 23.0 Å². The second-order valence-corrected chi connectivity index (χ2v) is 13.0. The molecule has 3 nitrogen and oxygen atoms in total. The lowest BCUT2D eigenvalue weighted by molar-refractivity contribution is 0.0686. The van der Waals surface area contributed by atoms with Crippen LogP contribution in [0.4, 0.5) is 0 Å². The SMILES string of the molecule is C[C@H](CCCCC(C)(C)NC(=O)c1ccccc1)C1=CC[C@H]2[C@@H]3CCc4cc(O)ccc4[C@H]3CC[C@]12C. The van der Waals surface area contributed by atoms with Gasteiger partial charge in [-0.2, -0.15) is 0 Å². The summed E-state index contributed by atoms with van der Waals surface area (Å²) in [5, 5.41) is 13.2. The van der Waals surface area contributed by atoms with Crippen LogP contribution >= 0.6 is 0 Å². The van der Waals surface area contributed by atoms with Gasteiger partial charge in [-0.3, -0.25) is 4.79 Å². The number of benzene rings is 2. The Hall–Kier alpha value is -2.55. The molecule has 198 valence electrons. The molecule has 2 aromatic rings. The van der Waals surface area contributed by atoms with Gasteiger partial charge in [-0.25, -0.2) is 0 Å². The zero-order valence-corrected chi connectivity index (χ0v) is 23.2. The predicted octanol–water partition coefficient (Wildman–Crippen LogP) is 8.19. The fraction of sp³-hybridized carbons (Fsp3) is 0.559. The fourth-order valence-electron chi connectivity index (χ4n) is 8.14. The summed E-state index contributed by atoms with van der Waals surface area (Å²) in [6.07, 6.45) is 13.4. The molecule has 0 aliphatic heterocycles. The second kappa shape index (κ2) is 10.3. The molecule has 1 saturated carbocycles. The van der Waals surface area contributed by atoms with E-state index in [0.717, 1.165) is 36.7 Å². The van der Waals surface area contributed by atoms with Crippen LogP contribution in [0, 0.1) is 23.2 Å². The van der Waals surface area contributed by atoms with Crippen molar-refractivity contribution in [2.24, 2.45) is 23.2 Å². The monoisotopic (exact) mass is 499 g/mol. The van der Waals surface area contributed by atoms with E-state index >= 15 is 0 Å². The molecular weight excluding hydrogens is 454 g/mol. The molecule has 0 radical (unpaired) electrons. The minimum Gasteiger partial charge on any atom is -0.508 e. The van der Waals surface area contributed by atoms with Gasteiger partial charge in [0.2, 0.25) is 0 Å². The highest BCUT2D eigenvalue weighted by Crippen LogP contribution is 2.62. The van der Waals surface area contributed by atoms with Crippen molar-refractivity contribution in [3.63, 3.8) is 0 Å². The molecule has 3 aliphatic carbocycles. The van der Waals surface area contributed by atoms with Gasteiger partial charge in [0.15, 0.2) is 0 Å². The highest BCUT2D eigenvalue weighted by Gasteiger charge is 2.52. The number of nitrogens with one attached hydrogen (secondary N) is 1. The van der Waals surface area contributed by atoms with Gasteiger partial charge in [0.25, 0.3) is 5.91 Å². The van der Waals surface area contributed by atoms with Gasteiger partial charge in [0.1, 0.15) is 5.75 Å². The Labute approximate surface area is 223 Å². The van der Waals surface area contributed by atoms with Crippen LogP contribution in [0.1, 0.15) is 106 Å². The number of carbonyl (C=O) groups excluding carboxylic acids is 1. The molecule has 2 N–H and O–H groups in total. The lowest BCUT2D eigenvalue weighted by Gasteiger charge is -2.51. The average molecular weight is 500 g/mol. The smallest absolute Gasteiger partial charge is 0.251 e. The van der Waals surface area contributed by atoms with E-state index in [-0.39, 0.29) is 11.4 Å². The number of aryl methyl sites for hydroxylation is 1. The number of rotatable bonds is 8. The molecule has 0 heterocycles. The van der Waals surface area contributed by atoms with Crippen LogP contribution < -0.4 is 5.32 Å². The Bertz CT molecular complexity index is 1150. The highest BCUT2D eigenvalue weighted by molar-refractivity contribution is 5.94. The average Bonchev–Trinajstić information content (AvgIpc) is 3.23. The van der Waals surface area contributed by atoms with E-state index in [4.69, 9.17) is 0 Å². The molecule has 5 rings (SSSR count). The maximum atomic E-state index is 12.6. The largest absolute Gasteiger partial charge is 0.508 e. The lowest BCUT2D eigenvalue weighted by Crippen LogP contribution is -2.43. The first kappa shape index (κ1) is 26.1. The minimum atomic E-state index is -0.202. The first-order valence-corrected chi connectivity index (χ1v) is 14.6. The summed E-state index contributed by atoms with van der Waals surface area (Å²) in [7, 11) is 0. The van der Waals surface area contributed by atoms with Crippen LogP contribution in [0.2, 0.25) is 0 Å². The zero-order valence-electron chi connectivity index (χ0n) is 23.2. The van der Waals surface area contributed by atoms with E-state index in [1.165, 1.54) is 49.7 Å². The van der Waals surface area contributed by atoms with E-state index in [2.05, 4.69) is 45.2 Å². The van der Waals surface area contributed by atoms with Crippen LogP contribution in [-0.4, -0.2) is 16.6 Å². The summed E-state index contributed by atoms with van der Waals surface area (Å²) in [4.78, 5) is 12.6. The maximum Gasteiger partial charge on any atom is 0.251 e. The summed E-state index contributed by atoms with van der Waals surface area (Å²) in [5.74, 6) is 3.26. The van der Waals surface area contributed by atoms with Crippen molar-refractivity contribution >= 4 is 5.91 Å². The highest BCUT2D eigenvalue weighted by atomic mass is 16.3. The first-order valence-electron chi connectivity index (χ1n) is 14.6. The van der Waals surface area contributed by atoms with Gasteiger partial charge in [0, 0.05) is 11.1 Å². The van der Waals surface area contributed by atoms with Gasteiger partial charge in [-0.1, -0.05) is 62.6 Å². The molecule has 0 unspecified atom stereocenters. The van der Waals surface area contributed by atoms with Crippen LogP contribution in [0.15, 0.2) is 60.2 Å². The van der Waals surface area contributed by atoms with Crippen LogP contribution in [0.5, 0.6) is 5.75 Å². The topological polar surface area (TPSA) is 49.3 Å². The summed E-state index contributed by atoms with van der Waals surface area (Å²) in [5.41, 5.74) is 5.50. The molecule has 37 heavy (non-hydrogen) atoms. The number of hydrogen-bond donors (Lipinski definition) is 2. The summed E-state index contributed by atoms with van der Waals surface area (Å²) >= 11 is 0. The van der Waals surface area contributed by atoms with Crippen molar-refractivity contribution in [1.82, 2.24) is 5.32 Å². The molecule has 0 saturated heterocycles. The molecule has 0 spiro atoms. The molecular formula is C34H45NO2. The van der Waals surface area contributed by atoms with Crippen LogP contribution in [0.25, 0.3) is 0 Å². The Morgan fingerprint density at radius 2 is 1.92 bits per heavy atom. The van der Waals surface area contributed by atoms with Crippen LogP contribution in [0.3, 0.4) is 0 Å². The molecule has 1 fully saturated rings. The number of amides is 1. The van der Waals surface area contributed by atoms with E-state index in [9.17, 15) is 9.90 Å². The number of carbonyl (C=O) groups is 1. The van der Waals surface area contributed by atoms with Crippen molar-refractivity contribution in [3.8, 4) is 5.75 Å². The van der Waals surface area contributed by atoms with Crippen molar-refractivity contribution in [2.45, 2.75) is 96.9 Å². The van der Waals surface area contributed by atoms with Crippen molar-refractivity contribution < 1.29 is 9.90 Å². The van der Waals surface area contributed by atoms with Gasteiger partial charge < -0.3 is 10.4 Å². The molecule has 0 aromatic heterocycles. The predicted molar refractivity (Wildman–Crippen MR) is 152 cm³/mol. The summed E-state index contributed by atoms with van der Waals surface area (Å²) < 4.78 is 0. The van der Waals surface area contributed by atoms with Crippen molar-refractivity contribution in [3.05, 3.63) is 76.9 Å². The number of unbranched alkanes of at least 4 members (excludes halogenated alkanes) is 1. The maximum absolute atomic E-state index is 12.6. The van der Waals surface area contributed by atoms with E-state index in [1.807, 2.05) is 42.5 Å². The Balaban J connectivity index is 1.14. The number of aromatic hydroxyl groups is 1. The number of fused-ring (bicyclic) bond motifs is 5. The van der Waals surface area contributed by atoms with Gasteiger partial charge in [-0.05, 0) is 123 Å². The summed E-state index contributed by atoms with van der Waals surface area (Å²) in [6.45, 7) is 9.31. The third-order valence-corrected chi connectivity index (χ3v) is 10.1. The lowest BCUT2D eigenvalue weighted by atomic mass is 9.53. The zero-order chi connectivity index (χ0) is 26.2. The molecule has 0 bridgehead atoms. The van der Waals surface area contributed by atoms with Gasteiger partial charge in [0.05, 0.1) is 0 Å². The Kier molecular flexibility index (Phi) is 7.27. The molecule has 3 aliphatic rings. The second-order valence-electron chi connectivity index (χ2n) is 13.0. The third kappa shape index (κ3) is 5.24. The fourth-order valence-corrected chi connectivity index (χ4v) is 8.14. The Morgan fingerprint density at radius 1 is 1.14 bits per heavy atom. The quantitative estimate of drug-likeness (QED) is 0.284. The van der Waals surface area contributed by atoms with E-state index < -0.39 is 0 Å². The molecule has 2 aromatic carbocycles. The molecule has 5 atom stereocenters. The number of allylic oxidation sites excluding steroid dienone is 2.